The number of amides is 1. The molecule has 1 heterocycles. The molecule has 67 valence electrons. The van der Waals surface area contributed by atoms with Crippen LogP contribution in [0, 0.1) is 0 Å². The molecule has 1 aromatic carbocycles. The Bertz CT molecular complexity index is 297. The van der Waals surface area contributed by atoms with Crippen LogP contribution >= 0.6 is 0 Å². The van der Waals surface area contributed by atoms with Gasteiger partial charge in [0.05, 0.1) is 6.04 Å². The Labute approximate surface area is 76.7 Å². The molecule has 0 spiro atoms. The Hall–Kier alpha value is -1.51. The van der Waals surface area contributed by atoms with Crippen LogP contribution in [0.3, 0.4) is 0 Å². The van der Waals surface area contributed by atoms with Crippen molar-refractivity contribution in [3.63, 3.8) is 0 Å². The topological polar surface area (TPSA) is 40.4 Å². The van der Waals surface area contributed by atoms with E-state index in [0.717, 1.165) is 6.42 Å². The summed E-state index contributed by atoms with van der Waals surface area (Å²) < 4.78 is 4.73. The molecular formula is C10H10NO2. The van der Waals surface area contributed by atoms with E-state index in [-0.39, 0.29) is 6.04 Å². The van der Waals surface area contributed by atoms with E-state index in [9.17, 15) is 4.79 Å². The van der Waals surface area contributed by atoms with E-state index in [2.05, 4.69) is 5.32 Å². The molecule has 1 aliphatic rings. The molecule has 0 aromatic heterocycles. The van der Waals surface area contributed by atoms with Gasteiger partial charge in [-0.3, -0.25) is 0 Å². The molecule has 3 heteroatoms. The van der Waals surface area contributed by atoms with Gasteiger partial charge in [0.1, 0.15) is 6.61 Å². The van der Waals surface area contributed by atoms with Gasteiger partial charge in [-0.05, 0) is 12.0 Å². The number of benzene rings is 1. The normalized spacial score (nSPS) is 20.9. The first-order valence-electron chi connectivity index (χ1n) is 4.26. The van der Waals surface area contributed by atoms with Crippen molar-refractivity contribution in [2.45, 2.75) is 12.5 Å². The first-order valence-corrected chi connectivity index (χ1v) is 4.26. The zero-order chi connectivity index (χ0) is 9.10. The molecule has 0 unspecified atom stereocenters. The summed E-state index contributed by atoms with van der Waals surface area (Å²) in [5, 5.41) is 3.82. The van der Waals surface area contributed by atoms with Gasteiger partial charge >= 0.3 is 6.09 Å². The summed E-state index contributed by atoms with van der Waals surface area (Å²) in [6.07, 6.45) is 0.355. The number of hydrogen-bond donors (Lipinski definition) is 0. The van der Waals surface area contributed by atoms with Crippen molar-refractivity contribution in [1.29, 1.82) is 0 Å². The minimum absolute atomic E-state index is 0.00917. The van der Waals surface area contributed by atoms with Crippen molar-refractivity contribution < 1.29 is 9.53 Å². The summed E-state index contributed by atoms with van der Waals surface area (Å²) >= 11 is 0. The molecule has 0 saturated carbocycles. The molecule has 0 aliphatic carbocycles. The maximum absolute atomic E-state index is 10.7. The smallest absolute Gasteiger partial charge is 0.429 e. The van der Waals surface area contributed by atoms with Gasteiger partial charge in [0.15, 0.2) is 0 Å². The quantitative estimate of drug-likeness (QED) is 0.682. The van der Waals surface area contributed by atoms with E-state index in [1.165, 1.54) is 5.56 Å². The number of carbonyl (C=O) groups is 1. The maximum atomic E-state index is 10.7. The molecular weight excluding hydrogens is 166 g/mol. The van der Waals surface area contributed by atoms with Crippen molar-refractivity contribution in [3.05, 3.63) is 35.9 Å². The fraction of sp³-hybridized carbons (Fsp3) is 0.300. The second kappa shape index (κ2) is 3.47. The predicted octanol–water partition coefficient (Wildman–Crippen LogP) is 1.35. The lowest BCUT2D eigenvalue weighted by atomic mass is 10.1. The Morgan fingerprint density at radius 1 is 1.38 bits per heavy atom. The fourth-order valence-electron chi connectivity index (χ4n) is 1.38. The predicted molar refractivity (Wildman–Crippen MR) is 47.4 cm³/mol. The lowest BCUT2D eigenvalue weighted by molar-refractivity contribution is 0.176. The SMILES string of the molecule is O=C1[N][C@@H](Cc2ccccc2)CO1. The van der Waals surface area contributed by atoms with Crippen LogP contribution in [0.5, 0.6) is 0 Å². The lowest BCUT2D eigenvalue weighted by Crippen LogP contribution is -2.21. The Balaban J connectivity index is 1.96. The highest BCUT2D eigenvalue weighted by Gasteiger charge is 2.24. The van der Waals surface area contributed by atoms with E-state index >= 15 is 0 Å². The lowest BCUT2D eigenvalue weighted by Gasteiger charge is -2.03. The number of nitrogens with zero attached hydrogens (tertiary/aromatic N) is 1. The van der Waals surface area contributed by atoms with E-state index in [1.807, 2.05) is 30.3 Å². The molecule has 0 N–H and O–H groups in total. The maximum Gasteiger partial charge on any atom is 0.429 e. The van der Waals surface area contributed by atoms with Crippen LogP contribution in [0.25, 0.3) is 0 Å². The third kappa shape index (κ3) is 1.99. The monoisotopic (exact) mass is 176 g/mol. The molecule has 1 aromatic rings. The highest BCUT2D eigenvalue weighted by Crippen LogP contribution is 2.08. The number of cyclic esters (lactones) is 1. The van der Waals surface area contributed by atoms with Gasteiger partial charge < -0.3 is 4.74 Å². The largest absolute Gasteiger partial charge is 0.446 e. The minimum atomic E-state index is -0.430. The summed E-state index contributed by atoms with van der Waals surface area (Å²) in [7, 11) is 0. The van der Waals surface area contributed by atoms with E-state index < -0.39 is 6.09 Å². The van der Waals surface area contributed by atoms with Gasteiger partial charge in [-0.25, -0.2) is 10.1 Å². The molecule has 1 aliphatic heterocycles. The molecule has 13 heavy (non-hydrogen) atoms. The second-order valence-corrected chi connectivity index (χ2v) is 3.05. The molecule has 3 nitrogen and oxygen atoms in total. The zero-order valence-corrected chi connectivity index (χ0v) is 7.14. The number of ether oxygens (including phenoxy) is 1. The summed E-state index contributed by atoms with van der Waals surface area (Å²) in [6.45, 7) is 0.424. The fourth-order valence-corrected chi connectivity index (χ4v) is 1.38. The third-order valence-corrected chi connectivity index (χ3v) is 2.00. The number of rotatable bonds is 2. The molecule has 1 atom stereocenters. The minimum Gasteiger partial charge on any atom is -0.446 e. The number of hydrogen-bond acceptors (Lipinski definition) is 2. The highest BCUT2D eigenvalue weighted by atomic mass is 16.6. The summed E-state index contributed by atoms with van der Waals surface area (Å²) in [6, 6.07) is 9.99. The van der Waals surface area contributed by atoms with Crippen LogP contribution < -0.4 is 5.32 Å². The average molecular weight is 176 g/mol. The third-order valence-electron chi connectivity index (χ3n) is 2.00. The van der Waals surface area contributed by atoms with Gasteiger partial charge in [-0.1, -0.05) is 30.3 Å². The average Bonchev–Trinajstić information content (AvgIpc) is 2.53. The van der Waals surface area contributed by atoms with Crippen molar-refractivity contribution in [1.82, 2.24) is 5.32 Å². The summed E-state index contributed by atoms with van der Waals surface area (Å²) in [4.78, 5) is 10.7. The highest BCUT2D eigenvalue weighted by molar-refractivity contribution is 5.69. The molecule has 0 bridgehead atoms. The van der Waals surface area contributed by atoms with Crippen molar-refractivity contribution in [3.8, 4) is 0 Å². The molecule has 1 amide bonds. The van der Waals surface area contributed by atoms with Crippen molar-refractivity contribution >= 4 is 6.09 Å². The summed E-state index contributed by atoms with van der Waals surface area (Å²) in [5.74, 6) is 0. The van der Waals surface area contributed by atoms with Gasteiger partial charge in [-0.2, -0.15) is 0 Å². The first-order chi connectivity index (χ1) is 6.34. The van der Waals surface area contributed by atoms with Crippen molar-refractivity contribution in [2.24, 2.45) is 0 Å². The zero-order valence-electron chi connectivity index (χ0n) is 7.14. The molecule has 1 saturated heterocycles. The Morgan fingerprint density at radius 2 is 2.15 bits per heavy atom. The van der Waals surface area contributed by atoms with Crippen LogP contribution in [0.4, 0.5) is 4.79 Å². The van der Waals surface area contributed by atoms with E-state index in [0.29, 0.717) is 6.61 Å². The van der Waals surface area contributed by atoms with E-state index in [4.69, 9.17) is 4.74 Å². The van der Waals surface area contributed by atoms with Crippen LogP contribution in [-0.2, 0) is 11.2 Å². The second-order valence-electron chi connectivity index (χ2n) is 3.05. The van der Waals surface area contributed by atoms with E-state index in [1.54, 1.807) is 0 Å². The molecule has 2 rings (SSSR count). The van der Waals surface area contributed by atoms with Crippen LogP contribution in [0.2, 0.25) is 0 Å². The standard InChI is InChI=1S/C10H10NO2/c12-10-11-9(7-13-10)6-8-4-2-1-3-5-8/h1-5,9H,6-7H2/t9-/m0/s1. The van der Waals surface area contributed by atoms with Crippen LogP contribution in [0.1, 0.15) is 5.56 Å². The first kappa shape index (κ1) is 8.10. The van der Waals surface area contributed by atoms with Gasteiger partial charge in [0.25, 0.3) is 0 Å². The van der Waals surface area contributed by atoms with Gasteiger partial charge in [0, 0.05) is 0 Å². The Morgan fingerprint density at radius 3 is 2.77 bits per heavy atom. The Kier molecular flexibility index (Phi) is 2.17. The summed E-state index contributed by atoms with van der Waals surface area (Å²) in [5.41, 5.74) is 1.19. The molecule has 1 radical (unpaired) electrons. The number of carbonyl (C=O) groups excluding carboxylic acids is 1. The molecule has 1 fully saturated rings. The van der Waals surface area contributed by atoms with Crippen LogP contribution in [-0.4, -0.2) is 18.7 Å². The van der Waals surface area contributed by atoms with Gasteiger partial charge in [0.2, 0.25) is 0 Å². The van der Waals surface area contributed by atoms with Crippen molar-refractivity contribution in [2.75, 3.05) is 6.61 Å². The van der Waals surface area contributed by atoms with Crippen LogP contribution in [0.15, 0.2) is 30.3 Å². The van der Waals surface area contributed by atoms with Gasteiger partial charge in [-0.15, -0.1) is 0 Å².